The van der Waals surface area contributed by atoms with Crippen molar-refractivity contribution in [2.45, 2.75) is 32.2 Å². The van der Waals surface area contributed by atoms with E-state index in [1.54, 1.807) is 4.68 Å². The molecule has 124 valence electrons. The highest BCUT2D eigenvalue weighted by atomic mass is 35.5. The van der Waals surface area contributed by atoms with Crippen molar-refractivity contribution in [1.82, 2.24) is 14.7 Å². The van der Waals surface area contributed by atoms with E-state index in [4.69, 9.17) is 5.73 Å². The molecule has 0 radical (unpaired) electrons. The van der Waals surface area contributed by atoms with E-state index in [9.17, 15) is 4.79 Å². The number of halogens is 1. The van der Waals surface area contributed by atoms with Crippen LogP contribution < -0.4 is 5.73 Å². The van der Waals surface area contributed by atoms with Crippen molar-refractivity contribution in [3.8, 4) is 5.69 Å². The molecule has 23 heavy (non-hydrogen) atoms. The molecule has 0 aliphatic carbocycles. The Balaban J connectivity index is 0.00000192. The van der Waals surface area contributed by atoms with E-state index in [0.29, 0.717) is 12.1 Å². The molecule has 1 atom stereocenters. The average Bonchev–Trinajstić information content (AvgIpc) is 2.97. The topological polar surface area (TPSA) is 64.2 Å². The zero-order valence-corrected chi connectivity index (χ0v) is 14.1. The van der Waals surface area contributed by atoms with E-state index in [1.165, 1.54) is 0 Å². The molecule has 1 aliphatic heterocycles. The van der Waals surface area contributed by atoms with Crippen molar-refractivity contribution < 1.29 is 4.79 Å². The predicted octanol–water partition coefficient (Wildman–Crippen LogP) is 2.56. The molecule has 6 heteroatoms. The Morgan fingerprint density at radius 2 is 2.04 bits per heavy atom. The Labute approximate surface area is 142 Å². The van der Waals surface area contributed by atoms with Gasteiger partial charge in [-0.15, -0.1) is 12.4 Å². The first-order chi connectivity index (χ1) is 10.7. The minimum Gasteiger partial charge on any atom is -0.334 e. The summed E-state index contributed by atoms with van der Waals surface area (Å²) in [6.45, 7) is 3.20. The van der Waals surface area contributed by atoms with Gasteiger partial charge in [0.1, 0.15) is 0 Å². The number of amides is 1. The number of para-hydroxylation sites is 1. The molecule has 1 unspecified atom stereocenters. The Morgan fingerprint density at radius 1 is 1.30 bits per heavy atom. The lowest BCUT2D eigenvalue weighted by Gasteiger charge is -2.34. The summed E-state index contributed by atoms with van der Waals surface area (Å²) in [4.78, 5) is 14.8. The second kappa shape index (κ2) is 7.62. The van der Waals surface area contributed by atoms with Crippen LogP contribution in [0.5, 0.6) is 0 Å². The van der Waals surface area contributed by atoms with Gasteiger partial charge < -0.3 is 10.6 Å². The molecule has 2 heterocycles. The number of nitrogens with two attached hydrogens (primary N) is 1. The van der Waals surface area contributed by atoms with E-state index >= 15 is 0 Å². The van der Waals surface area contributed by atoms with Gasteiger partial charge in [0.2, 0.25) is 0 Å². The summed E-state index contributed by atoms with van der Waals surface area (Å²) in [5.41, 5.74) is 8.22. The van der Waals surface area contributed by atoms with Crippen LogP contribution in [-0.2, 0) is 0 Å². The van der Waals surface area contributed by atoms with E-state index in [1.807, 2.05) is 48.4 Å². The molecule has 0 spiro atoms. The van der Waals surface area contributed by atoms with Crippen LogP contribution in [0, 0.1) is 6.92 Å². The maximum Gasteiger partial charge on any atom is 0.257 e. The van der Waals surface area contributed by atoms with E-state index in [2.05, 4.69) is 5.10 Å². The van der Waals surface area contributed by atoms with Gasteiger partial charge in [-0.2, -0.15) is 5.10 Å². The SMILES string of the molecule is Cc1nn(-c2ccccc2)cc1C(=O)N1CCCCC1CN.Cl. The fourth-order valence-corrected chi connectivity index (χ4v) is 3.05. The number of aromatic nitrogens is 2. The first-order valence-corrected chi connectivity index (χ1v) is 7.83. The van der Waals surface area contributed by atoms with E-state index in [0.717, 1.165) is 37.2 Å². The molecule has 1 fully saturated rings. The Morgan fingerprint density at radius 3 is 2.74 bits per heavy atom. The zero-order valence-electron chi connectivity index (χ0n) is 13.3. The number of aryl methyl sites for hydroxylation is 1. The molecule has 3 rings (SSSR count). The highest BCUT2D eigenvalue weighted by Gasteiger charge is 2.28. The summed E-state index contributed by atoms with van der Waals surface area (Å²) in [5.74, 6) is 0.0508. The quantitative estimate of drug-likeness (QED) is 0.938. The standard InChI is InChI=1S/C17H22N4O.ClH/c1-13-16(12-21(19-13)14-7-3-2-4-8-14)17(22)20-10-6-5-9-15(20)11-18;/h2-4,7-8,12,15H,5-6,9-11,18H2,1H3;1H. The van der Waals surface area contributed by atoms with Crippen molar-refractivity contribution in [3.05, 3.63) is 47.8 Å². The molecular weight excluding hydrogens is 312 g/mol. The number of hydrogen-bond acceptors (Lipinski definition) is 3. The third kappa shape index (κ3) is 3.57. The lowest BCUT2D eigenvalue weighted by Crippen LogP contribution is -2.47. The summed E-state index contributed by atoms with van der Waals surface area (Å²) in [6.07, 6.45) is 5.02. The molecule has 2 aromatic rings. The summed E-state index contributed by atoms with van der Waals surface area (Å²) in [5, 5.41) is 4.49. The van der Waals surface area contributed by atoms with Gasteiger partial charge in [-0.25, -0.2) is 4.68 Å². The number of carbonyl (C=O) groups excluding carboxylic acids is 1. The van der Waals surface area contributed by atoms with Crippen molar-refractivity contribution in [1.29, 1.82) is 0 Å². The Bertz CT molecular complexity index is 656. The first-order valence-electron chi connectivity index (χ1n) is 7.83. The molecule has 1 aliphatic rings. The Kier molecular flexibility index (Phi) is 5.80. The number of benzene rings is 1. The zero-order chi connectivity index (χ0) is 15.5. The molecule has 0 saturated carbocycles. The Hall–Kier alpha value is -1.85. The van der Waals surface area contributed by atoms with Gasteiger partial charge >= 0.3 is 0 Å². The van der Waals surface area contributed by atoms with Gasteiger partial charge in [-0.05, 0) is 38.3 Å². The molecule has 1 amide bonds. The fourth-order valence-electron chi connectivity index (χ4n) is 3.05. The lowest BCUT2D eigenvalue weighted by atomic mass is 10.0. The van der Waals surface area contributed by atoms with Gasteiger partial charge in [0.25, 0.3) is 5.91 Å². The van der Waals surface area contributed by atoms with Crippen LogP contribution in [0.2, 0.25) is 0 Å². The third-order valence-corrected chi connectivity index (χ3v) is 4.31. The maximum absolute atomic E-state index is 12.9. The molecule has 1 aromatic carbocycles. The number of carbonyl (C=O) groups is 1. The van der Waals surface area contributed by atoms with Crippen LogP contribution >= 0.6 is 12.4 Å². The van der Waals surface area contributed by atoms with Crippen LogP contribution in [0.1, 0.15) is 35.3 Å². The normalized spacial score (nSPS) is 17.7. The van der Waals surface area contributed by atoms with Crippen molar-refractivity contribution in [2.24, 2.45) is 5.73 Å². The maximum atomic E-state index is 12.9. The van der Waals surface area contributed by atoms with Crippen LogP contribution in [0.25, 0.3) is 5.69 Å². The van der Waals surface area contributed by atoms with Crippen LogP contribution in [-0.4, -0.2) is 39.7 Å². The molecule has 2 N–H and O–H groups in total. The molecule has 5 nitrogen and oxygen atoms in total. The van der Waals surface area contributed by atoms with Crippen molar-refractivity contribution in [3.63, 3.8) is 0 Å². The second-order valence-electron chi connectivity index (χ2n) is 5.79. The summed E-state index contributed by atoms with van der Waals surface area (Å²) in [7, 11) is 0. The third-order valence-electron chi connectivity index (χ3n) is 4.31. The largest absolute Gasteiger partial charge is 0.334 e. The predicted molar refractivity (Wildman–Crippen MR) is 93.3 cm³/mol. The van der Waals surface area contributed by atoms with Crippen LogP contribution in [0.15, 0.2) is 36.5 Å². The highest BCUT2D eigenvalue weighted by Crippen LogP contribution is 2.21. The molecule has 1 aromatic heterocycles. The number of rotatable bonds is 3. The van der Waals surface area contributed by atoms with E-state index in [-0.39, 0.29) is 24.4 Å². The fraction of sp³-hybridized carbons (Fsp3) is 0.412. The van der Waals surface area contributed by atoms with Gasteiger partial charge in [-0.3, -0.25) is 4.79 Å². The van der Waals surface area contributed by atoms with Crippen LogP contribution in [0.3, 0.4) is 0 Å². The monoisotopic (exact) mass is 334 g/mol. The summed E-state index contributed by atoms with van der Waals surface area (Å²) >= 11 is 0. The van der Waals surface area contributed by atoms with Crippen molar-refractivity contribution in [2.75, 3.05) is 13.1 Å². The highest BCUT2D eigenvalue weighted by molar-refractivity contribution is 5.95. The van der Waals surface area contributed by atoms with Gasteiger partial charge in [0.05, 0.1) is 16.9 Å². The molecule has 0 bridgehead atoms. The molecular formula is C17H23ClN4O. The number of nitrogens with zero attached hydrogens (tertiary/aromatic N) is 3. The number of hydrogen-bond donors (Lipinski definition) is 1. The summed E-state index contributed by atoms with van der Waals surface area (Å²) in [6, 6.07) is 9.99. The minimum absolute atomic E-state index is 0. The average molecular weight is 335 g/mol. The first kappa shape index (κ1) is 17.5. The molecule has 1 saturated heterocycles. The smallest absolute Gasteiger partial charge is 0.257 e. The van der Waals surface area contributed by atoms with E-state index < -0.39 is 0 Å². The number of likely N-dealkylation sites (tertiary alicyclic amines) is 1. The van der Waals surface area contributed by atoms with Gasteiger partial charge in [0.15, 0.2) is 0 Å². The minimum atomic E-state index is 0. The van der Waals surface area contributed by atoms with Crippen molar-refractivity contribution >= 4 is 18.3 Å². The van der Waals surface area contributed by atoms with Gasteiger partial charge in [-0.1, -0.05) is 18.2 Å². The summed E-state index contributed by atoms with van der Waals surface area (Å²) < 4.78 is 1.77. The number of piperidine rings is 1. The second-order valence-corrected chi connectivity index (χ2v) is 5.79. The lowest BCUT2D eigenvalue weighted by molar-refractivity contribution is 0.0622. The van der Waals surface area contributed by atoms with Crippen LogP contribution in [0.4, 0.5) is 0 Å². The van der Waals surface area contributed by atoms with Gasteiger partial charge in [0, 0.05) is 25.3 Å².